The number of nitrogens with zero attached hydrogens (tertiary/aromatic N) is 1. The van der Waals surface area contributed by atoms with Gasteiger partial charge in [-0.15, -0.1) is 0 Å². The van der Waals surface area contributed by atoms with Gasteiger partial charge in [0.1, 0.15) is 6.04 Å². The molecule has 1 heterocycles. The highest BCUT2D eigenvalue weighted by Crippen LogP contribution is 2.34. The van der Waals surface area contributed by atoms with Crippen molar-refractivity contribution in [2.75, 3.05) is 0 Å². The third-order valence-electron chi connectivity index (χ3n) is 3.86. The Morgan fingerprint density at radius 2 is 1.95 bits per heavy atom. The molecule has 2 N–H and O–H groups in total. The Hall–Kier alpha value is -1.52. The van der Waals surface area contributed by atoms with E-state index in [1.807, 2.05) is 27.7 Å². The zero-order chi connectivity index (χ0) is 15.4. The Balaban J connectivity index is 3.13. The Morgan fingerprint density at radius 3 is 2.35 bits per heavy atom. The summed E-state index contributed by atoms with van der Waals surface area (Å²) in [6, 6.07) is -1.17. The summed E-state index contributed by atoms with van der Waals surface area (Å²) in [7, 11) is 0. The predicted molar refractivity (Wildman–Crippen MR) is 76.4 cm³/mol. The van der Waals surface area contributed by atoms with Crippen molar-refractivity contribution in [2.45, 2.75) is 65.5 Å². The predicted octanol–water partition coefficient (Wildman–Crippen LogP) is 2.72. The van der Waals surface area contributed by atoms with Gasteiger partial charge in [-0.1, -0.05) is 40.5 Å². The summed E-state index contributed by atoms with van der Waals surface area (Å²) in [4.78, 5) is 25.1. The van der Waals surface area contributed by atoms with Crippen molar-refractivity contribution >= 4 is 11.9 Å². The summed E-state index contributed by atoms with van der Waals surface area (Å²) >= 11 is 0. The second-order valence-electron chi connectivity index (χ2n) is 5.62. The van der Waals surface area contributed by atoms with E-state index in [1.54, 1.807) is 0 Å². The quantitative estimate of drug-likeness (QED) is 0.753. The number of amides is 1. The first-order valence-corrected chi connectivity index (χ1v) is 7.34. The molecule has 0 radical (unpaired) electrons. The van der Waals surface area contributed by atoms with Crippen LogP contribution in [0.25, 0.3) is 0 Å². The molecule has 0 spiro atoms. The number of hydrogen-bond donors (Lipinski definition) is 2. The molecular formula is C15H25NO4. The van der Waals surface area contributed by atoms with Gasteiger partial charge < -0.3 is 15.1 Å². The van der Waals surface area contributed by atoms with Gasteiger partial charge in [0.05, 0.1) is 6.04 Å². The molecule has 5 nitrogen and oxygen atoms in total. The van der Waals surface area contributed by atoms with E-state index in [1.165, 1.54) is 4.90 Å². The lowest BCUT2D eigenvalue weighted by Crippen LogP contribution is -2.49. The average Bonchev–Trinajstić information content (AvgIpc) is 2.63. The van der Waals surface area contributed by atoms with Crippen LogP contribution in [0.4, 0.5) is 0 Å². The van der Waals surface area contributed by atoms with Crippen LogP contribution in [0.2, 0.25) is 0 Å². The van der Waals surface area contributed by atoms with Crippen molar-refractivity contribution in [3.63, 3.8) is 0 Å². The summed E-state index contributed by atoms with van der Waals surface area (Å²) in [5, 5.41) is 19.4. The molecule has 0 fully saturated rings. The van der Waals surface area contributed by atoms with Crippen LogP contribution >= 0.6 is 0 Å². The van der Waals surface area contributed by atoms with Crippen LogP contribution in [-0.2, 0) is 9.59 Å². The summed E-state index contributed by atoms with van der Waals surface area (Å²) in [5.41, 5.74) is 0.660. The number of aliphatic carboxylic acids is 1. The molecule has 1 aliphatic rings. The zero-order valence-corrected chi connectivity index (χ0v) is 12.7. The number of carbonyl (C=O) groups is 2. The third-order valence-corrected chi connectivity index (χ3v) is 3.86. The topological polar surface area (TPSA) is 77.8 Å². The largest absolute Gasteiger partial charge is 0.503 e. The lowest BCUT2D eigenvalue weighted by atomic mass is 9.93. The van der Waals surface area contributed by atoms with Gasteiger partial charge in [0.25, 0.3) is 5.91 Å². The molecule has 0 aromatic carbocycles. The van der Waals surface area contributed by atoms with E-state index in [4.69, 9.17) is 0 Å². The number of unbranched alkanes of at least 4 members (excludes halogenated alkanes) is 1. The van der Waals surface area contributed by atoms with E-state index in [9.17, 15) is 19.8 Å². The van der Waals surface area contributed by atoms with Crippen molar-refractivity contribution in [1.29, 1.82) is 0 Å². The molecule has 0 aromatic rings. The Labute approximate surface area is 120 Å². The Morgan fingerprint density at radius 1 is 1.35 bits per heavy atom. The molecule has 5 heteroatoms. The number of carboxylic acids is 1. The molecule has 114 valence electrons. The van der Waals surface area contributed by atoms with E-state index in [2.05, 4.69) is 0 Å². The van der Waals surface area contributed by atoms with E-state index in [0.29, 0.717) is 18.4 Å². The van der Waals surface area contributed by atoms with Gasteiger partial charge in [-0.25, -0.2) is 4.79 Å². The van der Waals surface area contributed by atoms with E-state index >= 15 is 0 Å². The number of aliphatic hydroxyl groups excluding tert-OH is 1. The fraction of sp³-hybridized carbons (Fsp3) is 0.733. The van der Waals surface area contributed by atoms with E-state index < -0.39 is 17.9 Å². The highest BCUT2D eigenvalue weighted by Gasteiger charge is 2.45. The second-order valence-corrected chi connectivity index (χ2v) is 5.62. The molecule has 1 rings (SSSR count). The number of hydrogen-bond acceptors (Lipinski definition) is 3. The monoisotopic (exact) mass is 283 g/mol. The highest BCUT2D eigenvalue weighted by atomic mass is 16.4. The molecule has 0 aliphatic carbocycles. The third kappa shape index (κ3) is 2.97. The van der Waals surface area contributed by atoms with Crippen LogP contribution in [0, 0.1) is 5.92 Å². The normalized spacial score (nSPS) is 20.9. The molecule has 0 saturated heterocycles. The van der Waals surface area contributed by atoms with Crippen molar-refractivity contribution in [3.8, 4) is 0 Å². The minimum atomic E-state index is -0.998. The van der Waals surface area contributed by atoms with Crippen LogP contribution in [0.3, 0.4) is 0 Å². The molecule has 20 heavy (non-hydrogen) atoms. The van der Waals surface area contributed by atoms with Gasteiger partial charge in [0, 0.05) is 0 Å². The Kier molecular flexibility index (Phi) is 5.60. The molecule has 2 unspecified atom stereocenters. The Bertz CT molecular complexity index is 414. The van der Waals surface area contributed by atoms with Crippen LogP contribution in [-0.4, -0.2) is 39.1 Å². The SMILES string of the molecule is CCCCC(C(=O)O)N1C(=O)C(O)=C(CC)C1C(C)C. The molecule has 1 amide bonds. The molecule has 0 aromatic heterocycles. The summed E-state index contributed by atoms with van der Waals surface area (Å²) in [5.74, 6) is -1.72. The smallest absolute Gasteiger partial charge is 0.326 e. The first kappa shape index (κ1) is 16.5. The molecule has 2 atom stereocenters. The molecule has 0 saturated carbocycles. The minimum absolute atomic E-state index is 0.0713. The molecule has 1 aliphatic heterocycles. The van der Waals surface area contributed by atoms with E-state index in [-0.39, 0.29) is 17.7 Å². The first-order chi connectivity index (χ1) is 9.36. The number of carboxylic acid groups (broad SMARTS) is 1. The summed E-state index contributed by atoms with van der Waals surface area (Å²) < 4.78 is 0. The van der Waals surface area contributed by atoms with Gasteiger partial charge in [-0.05, 0) is 24.3 Å². The van der Waals surface area contributed by atoms with Gasteiger partial charge in [-0.2, -0.15) is 0 Å². The maximum Gasteiger partial charge on any atom is 0.326 e. The van der Waals surface area contributed by atoms with Gasteiger partial charge in [0.15, 0.2) is 5.76 Å². The lowest BCUT2D eigenvalue weighted by Gasteiger charge is -2.34. The lowest BCUT2D eigenvalue weighted by molar-refractivity contribution is -0.150. The summed E-state index contributed by atoms with van der Waals surface area (Å²) in [6.07, 6.45) is 2.59. The zero-order valence-electron chi connectivity index (χ0n) is 12.7. The van der Waals surface area contributed by atoms with E-state index in [0.717, 1.165) is 12.8 Å². The van der Waals surface area contributed by atoms with Gasteiger partial charge in [-0.3, -0.25) is 4.79 Å². The fourth-order valence-electron chi connectivity index (χ4n) is 2.91. The van der Waals surface area contributed by atoms with Gasteiger partial charge in [0.2, 0.25) is 0 Å². The van der Waals surface area contributed by atoms with Crippen LogP contribution in [0.5, 0.6) is 0 Å². The number of rotatable bonds is 7. The van der Waals surface area contributed by atoms with Crippen molar-refractivity contribution in [2.24, 2.45) is 5.92 Å². The summed E-state index contributed by atoms with van der Waals surface area (Å²) in [6.45, 7) is 7.74. The maximum atomic E-state index is 12.3. The highest BCUT2D eigenvalue weighted by molar-refractivity contribution is 5.98. The van der Waals surface area contributed by atoms with Crippen LogP contribution in [0.1, 0.15) is 53.4 Å². The number of aliphatic hydroxyl groups is 1. The minimum Gasteiger partial charge on any atom is -0.503 e. The van der Waals surface area contributed by atoms with Crippen molar-refractivity contribution in [3.05, 3.63) is 11.3 Å². The maximum absolute atomic E-state index is 12.3. The van der Waals surface area contributed by atoms with Gasteiger partial charge >= 0.3 is 5.97 Å². The average molecular weight is 283 g/mol. The van der Waals surface area contributed by atoms with Crippen molar-refractivity contribution < 1.29 is 19.8 Å². The molecular weight excluding hydrogens is 258 g/mol. The number of carbonyl (C=O) groups excluding carboxylic acids is 1. The van der Waals surface area contributed by atoms with Crippen molar-refractivity contribution in [1.82, 2.24) is 4.90 Å². The first-order valence-electron chi connectivity index (χ1n) is 7.34. The second kappa shape index (κ2) is 6.77. The standard InChI is InChI=1S/C15H25NO4/c1-5-7-8-11(15(19)20)16-12(9(3)4)10(6-2)13(17)14(16)18/h9,11-12,17H,5-8H2,1-4H3,(H,19,20). The fourth-order valence-corrected chi connectivity index (χ4v) is 2.91. The van der Waals surface area contributed by atoms with Crippen LogP contribution < -0.4 is 0 Å². The van der Waals surface area contributed by atoms with Crippen LogP contribution in [0.15, 0.2) is 11.3 Å². The molecule has 0 bridgehead atoms.